The maximum Gasteiger partial charge on any atom is 0.141 e. The third-order valence-corrected chi connectivity index (χ3v) is 1.86. The Kier molecular flexibility index (Phi) is 2.88. The molecule has 0 aromatic carbocycles. The predicted molar refractivity (Wildman–Crippen MR) is 52.8 cm³/mol. The summed E-state index contributed by atoms with van der Waals surface area (Å²) in [5.41, 5.74) is 2.60. The molecule has 0 bridgehead atoms. The first-order chi connectivity index (χ1) is 6.00. The second kappa shape index (κ2) is 3.75. The third kappa shape index (κ3) is 2.42. The molecule has 1 heterocycles. The van der Waals surface area contributed by atoms with Crippen LogP contribution in [0.5, 0.6) is 5.75 Å². The topological polar surface area (TPSA) is 36.4 Å². The molecule has 0 aliphatic rings. The minimum atomic E-state index is 0.319. The van der Waals surface area contributed by atoms with Crippen LogP contribution in [0.3, 0.4) is 0 Å². The maximum absolute atomic E-state index is 9.68. The van der Waals surface area contributed by atoms with Crippen molar-refractivity contribution >= 4 is 0 Å². The fraction of sp³-hybridized carbons (Fsp3) is 0.500. The van der Waals surface area contributed by atoms with Crippen LogP contribution in [-0.4, -0.2) is 29.1 Å². The second-order valence-corrected chi connectivity index (χ2v) is 3.59. The lowest BCUT2D eigenvalue weighted by Gasteiger charge is -2.12. The third-order valence-electron chi connectivity index (χ3n) is 1.86. The van der Waals surface area contributed by atoms with Crippen LogP contribution in [0.1, 0.15) is 17.0 Å². The molecule has 0 fully saturated rings. The first kappa shape index (κ1) is 9.99. The molecule has 0 unspecified atom stereocenters. The van der Waals surface area contributed by atoms with Crippen molar-refractivity contribution < 1.29 is 5.11 Å². The molecule has 0 spiro atoms. The van der Waals surface area contributed by atoms with Crippen molar-refractivity contribution in [2.45, 2.75) is 20.4 Å². The lowest BCUT2D eigenvalue weighted by atomic mass is 10.1. The van der Waals surface area contributed by atoms with E-state index in [-0.39, 0.29) is 0 Å². The molecule has 0 amide bonds. The molecule has 0 saturated heterocycles. The Labute approximate surface area is 79.0 Å². The van der Waals surface area contributed by atoms with Gasteiger partial charge in [-0.25, -0.2) is 0 Å². The highest BCUT2D eigenvalue weighted by molar-refractivity contribution is 5.36. The largest absolute Gasteiger partial charge is 0.506 e. The molecule has 0 aliphatic heterocycles. The monoisotopic (exact) mass is 180 g/mol. The highest BCUT2D eigenvalue weighted by Crippen LogP contribution is 2.21. The Morgan fingerprint density at radius 3 is 2.54 bits per heavy atom. The summed E-state index contributed by atoms with van der Waals surface area (Å²) in [6.45, 7) is 4.50. The molecule has 13 heavy (non-hydrogen) atoms. The Morgan fingerprint density at radius 2 is 2.00 bits per heavy atom. The van der Waals surface area contributed by atoms with Gasteiger partial charge in [-0.2, -0.15) is 0 Å². The fourth-order valence-electron chi connectivity index (χ4n) is 1.36. The van der Waals surface area contributed by atoms with E-state index in [1.165, 1.54) is 0 Å². The van der Waals surface area contributed by atoms with E-state index in [0.29, 0.717) is 11.4 Å². The van der Waals surface area contributed by atoms with E-state index < -0.39 is 0 Å². The molecular weight excluding hydrogens is 164 g/mol. The van der Waals surface area contributed by atoms with Crippen molar-refractivity contribution in [3.63, 3.8) is 0 Å². The van der Waals surface area contributed by atoms with Gasteiger partial charge in [-0.05, 0) is 34.0 Å². The van der Waals surface area contributed by atoms with Crippen molar-refractivity contribution in [1.82, 2.24) is 9.88 Å². The minimum absolute atomic E-state index is 0.319. The van der Waals surface area contributed by atoms with Gasteiger partial charge in [0.05, 0.1) is 5.69 Å². The van der Waals surface area contributed by atoms with Gasteiger partial charge in [-0.1, -0.05) is 0 Å². The Morgan fingerprint density at radius 1 is 1.38 bits per heavy atom. The van der Waals surface area contributed by atoms with Crippen LogP contribution < -0.4 is 0 Å². The highest BCUT2D eigenvalue weighted by atomic mass is 16.3. The van der Waals surface area contributed by atoms with Crippen LogP contribution in [0.15, 0.2) is 6.07 Å². The molecule has 0 aliphatic carbocycles. The summed E-state index contributed by atoms with van der Waals surface area (Å²) in [4.78, 5) is 6.19. The quantitative estimate of drug-likeness (QED) is 0.748. The molecule has 0 saturated carbocycles. The van der Waals surface area contributed by atoms with Gasteiger partial charge in [0.25, 0.3) is 0 Å². The van der Waals surface area contributed by atoms with Gasteiger partial charge in [0.15, 0.2) is 0 Å². The first-order valence-electron chi connectivity index (χ1n) is 4.31. The van der Waals surface area contributed by atoms with Crippen LogP contribution in [-0.2, 0) is 6.54 Å². The number of rotatable bonds is 2. The number of aryl methyl sites for hydroxylation is 2. The molecular formula is C10H16N2O. The number of aromatic nitrogens is 1. The molecule has 1 aromatic heterocycles. The van der Waals surface area contributed by atoms with E-state index in [4.69, 9.17) is 0 Å². The number of hydrogen-bond acceptors (Lipinski definition) is 3. The Hall–Kier alpha value is -1.09. The maximum atomic E-state index is 9.68. The number of nitrogens with zero attached hydrogens (tertiary/aromatic N) is 2. The van der Waals surface area contributed by atoms with E-state index in [1.54, 1.807) is 0 Å². The lowest BCUT2D eigenvalue weighted by Crippen LogP contribution is -2.11. The van der Waals surface area contributed by atoms with Crippen LogP contribution >= 0.6 is 0 Å². The Balaban J connectivity index is 3.05. The smallest absolute Gasteiger partial charge is 0.141 e. The Bertz CT molecular complexity index is 308. The van der Waals surface area contributed by atoms with Gasteiger partial charge < -0.3 is 10.0 Å². The summed E-state index contributed by atoms with van der Waals surface area (Å²) in [5.74, 6) is 0.319. The first-order valence-corrected chi connectivity index (χ1v) is 4.31. The van der Waals surface area contributed by atoms with Gasteiger partial charge in [-0.15, -0.1) is 0 Å². The standard InChI is InChI=1S/C10H16N2O/c1-7-5-9(6-12(3)4)10(13)8(2)11-7/h5,13H,6H2,1-4H3. The van der Waals surface area contributed by atoms with Gasteiger partial charge in [0.2, 0.25) is 0 Å². The summed E-state index contributed by atoms with van der Waals surface area (Å²) < 4.78 is 0. The SMILES string of the molecule is Cc1cc(CN(C)C)c(O)c(C)n1. The van der Waals surface area contributed by atoms with E-state index in [1.807, 2.05) is 38.9 Å². The zero-order valence-electron chi connectivity index (χ0n) is 8.63. The van der Waals surface area contributed by atoms with Gasteiger partial charge in [-0.3, -0.25) is 4.98 Å². The molecule has 3 heteroatoms. The second-order valence-electron chi connectivity index (χ2n) is 3.59. The van der Waals surface area contributed by atoms with Crippen LogP contribution in [0, 0.1) is 13.8 Å². The average molecular weight is 180 g/mol. The van der Waals surface area contributed by atoms with E-state index in [2.05, 4.69) is 4.98 Å². The molecule has 72 valence electrons. The molecule has 0 radical (unpaired) electrons. The zero-order valence-corrected chi connectivity index (χ0v) is 8.63. The van der Waals surface area contributed by atoms with Crippen LogP contribution in [0.25, 0.3) is 0 Å². The van der Waals surface area contributed by atoms with Crippen molar-refractivity contribution in [1.29, 1.82) is 0 Å². The normalized spacial score (nSPS) is 10.8. The number of pyridine rings is 1. The summed E-state index contributed by atoms with van der Waals surface area (Å²) in [7, 11) is 3.95. The zero-order chi connectivity index (χ0) is 10.0. The average Bonchev–Trinajstić information content (AvgIpc) is 1.98. The summed E-state index contributed by atoms with van der Waals surface area (Å²) in [6, 6.07) is 1.92. The minimum Gasteiger partial charge on any atom is -0.506 e. The number of aromatic hydroxyl groups is 1. The van der Waals surface area contributed by atoms with E-state index in [9.17, 15) is 5.11 Å². The highest BCUT2D eigenvalue weighted by Gasteiger charge is 2.07. The van der Waals surface area contributed by atoms with Crippen molar-refractivity contribution in [3.8, 4) is 5.75 Å². The van der Waals surface area contributed by atoms with Crippen molar-refractivity contribution in [2.75, 3.05) is 14.1 Å². The molecule has 1 rings (SSSR count). The summed E-state index contributed by atoms with van der Waals surface area (Å²) in [6.07, 6.45) is 0. The lowest BCUT2D eigenvalue weighted by molar-refractivity contribution is 0.383. The number of hydrogen-bond donors (Lipinski definition) is 1. The van der Waals surface area contributed by atoms with E-state index in [0.717, 1.165) is 17.8 Å². The molecule has 1 aromatic rings. The summed E-state index contributed by atoms with van der Waals surface area (Å²) >= 11 is 0. The van der Waals surface area contributed by atoms with E-state index >= 15 is 0 Å². The molecule has 0 atom stereocenters. The van der Waals surface area contributed by atoms with Gasteiger partial charge in [0.1, 0.15) is 5.75 Å². The van der Waals surface area contributed by atoms with Crippen molar-refractivity contribution in [2.24, 2.45) is 0 Å². The van der Waals surface area contributed by atoms with Crippen LogP contribution in [0.2, 0.25) is 0 Å². The predicted octanol–water partition coefficient (Wildman–Crippen LogP) is 1.47. The van der Waals surface area contributed by atoms with Crippen molar-refractivity contribution in [3.05, 3.63) is 23.0 Å². The molecule has 1 N–H and O–H groups in total. The fourth-order valence-corrected chi connectivity index (χ4v) is 1.36. The van der Waals surface area contributed by atoms with Crippen LogP contribution in [0.4, 0.5) is 0 Å². The molecule has 3 nitrogen and oxygen atoms in total. The van der Waals surface area contributed by atoms with Gasteiger partial charge >= 0.3 is 0 Å². The van der Waals surface area contributed by atoms with Gasteiger partial charge in [0, 0.05) is 17.8 Å². The summed E-state index contributed by atoms with van der Waals surface area (Å²) in [5, 5.41) is 9.68.